The predicted molar refractivity (Wildman–Crippen MR) is 65.4 cm³/mol. The molecule has 0 N–H and O–H groups in total. The molecule has 0 bridgehead atoms. The number of ether oxygens (including phenoxy) is 1. The average molecular weight is 241 g/mol. The summed E-state index contributed by atoms with van der Waals surface area (Å²) in [7, 11) is 0. The number of likely N-dealkylation sites (tertiary alicyclic amines) is 1. The molecule has 98 valence electrons. The Morgan fingerprint density at radius 1 is 1.29 bits per heavy atom. The van der Waals surface area contributed by atoms with Crippen LogP contribution in [0.5, 0.6) is 0 Å². The van der Waals surface area contributed by atoms with Gasteiger partial charge in [-0.05, 0) is 39.5 Å². The Balaban J connectivity index is 2.58. The molecular formula is C13H23NO3. The highest BCUT2D eigenvalue weighted by Crippen LogP contribution is 2.36. The summed E-state index contributed by atoms with van der Waals surface area (Å²) in [4.78, 5) is 24.9. The van der Waals surface area contributed by atoms with Crippen LogP contribution >= 0.6 is 0 Å². The van der Waals surface area contributed by atoms with Gasteiger partial charge in [-0.15, -0.1) is 0 Å². The van der Waals surface area contributed by atoms with Crippen molar-refractivity contribution in [3.8, 4) is 0 Å². The van der Waals surface area contributed by atoms with Gasteiger partial charge in [0.1, 0.15) is 0 Å². The lowest BCUT2D eigenvalue weighted by molar-refractivity contribution is -0.158. The van der Waals surface area contributed by atoms with Crippen molar-refractivity contribution in [2.45, 2.75) is 40.5 Å². The largest absolute Gasteiger partial charge is 0.466 e. The van der Waals surface area contributed by atoms with E-state index in [1.165, 1.54) is 0 Å². The Kier molecular flexibility index (Phi) is 4.54. The Bertz CT molecular complexity index is 291. The maximum atomic E-state index is 11.9. The first-order valence-corrected chi connectivity index (χ1v) is 6.32. The second-order valence-corrected chi connectivity index (χ2v) is 5.22. The average Bonchev–Trinajstić information content (AvgIpc) is 2.29. The third-order valence-electron chi connectivity index (χ3n) is 3.76. The van der Waals surface area contributed by atoms with Gasteiger partial charge in [-0.3, -0.25) is 9.59 Å². The van der Waals surface area contributed by atoms with Gasteiger partial charge in [-0.25, -0.2) is 0 Å². The van der Waals surface area contributed by atoms with Crippen LogP contribution in [0.3, 0.4) is 0 Å². The second kappa shape index (κ2) is 5.52. The number of piperidine rings is 1. The monoisotopic (exact) mass is 241 g/mol. The van der Waals surface area contributed by atoms with Crippen LogP contribution < -0.4 is 0 Å². The fourth-order valence-electron chi connectivity index (χ4n) is 2.40. The molecule has 0 atom stereocenters. The molecule has 0 aliphatic carbocycles. The summed E-state index contributed by atoms with van der Waals surface area (Å²) in [6.07, 6.45) is 1.76. The molecule has 0 aromatic heterocycles. The van der Waals surface area contributed by atoms with E-state index in [-0.39, 0.29) is 11.9 Å². The smallest absolute Gasteiger partial charge is 0.311 e. The fraction of sp³-hybridized carbons (Fsp3) is 0.846. The fourth-order valence-corrected chi connectivity index (χ4v) is 2.40. The number of amides is 1. The summed E-state index contributed by atoms with van der Waals surface area (Å²) >= 11 is 0. The number of carbonyl (C=O) groups is 2. The zero-order valence-electron chi connectivity index (χ0n) is 11.3. The number of esters is 1. The number of rotatable bonds is 3. The summed E-state index contributed by atoms with van der Waals surface area (Å²) in [6, 6.07) is 0. The highest BCUT2D eigenvalue weighted by Gasteiger charge is 2.39. The molecule has 1 fully saturated rings. The van der Waals surface area contributed by atoms with E-state index in [9.17, 15) is 9.59 Å². The van der Waals surface area contributed by atoms with Gasteiger partial charge in [-0.2, -0.15) is 0 Å². The molecular weight excluding hydrogens is 218 g/mol. The van der Waals surface area contributed by atoms with Crippen LogP contribution in [0.4, 0.5) is 0 Å². The lowest BCUT2D eigenvalue weighted by Crippen LogP contribution is -2.44. The summed E-state index contributed by atoms with van der Waals surface area (Å²) in [5, 5.41) is 0. The van der Waals surface area contributed by atoms with Crippen molar-refractivity contribution < 1.29 is 14.3 Å². The van der Waals surface area contributed by atoms with E-state index in [0.717, 1.165) is 25.9 Å². The molecule has 0 spiro atoms. The Morgan fingerprint density at radius 2 is 1.82 bits per heavy atom. The minimum atomic E-state index is -0.446. The van der Waals surface area contributed by atoms with Crippen LogP contribution in [0.2, 0.25) is 0 Å². The van der Waals surface area contributed by atoms with Gasteiger partial charge < -0.3 is 9.64 Å². The molecule has 0 aromatic carbocycles. The summed E-state index contributed by atoms with van der Waals surface area (Å²) in [5.74, 6) is 0.302. The summed E-state index contributed by atoms with van der Waals surface area (Å²) < 4.78 is 5.11. The molecule has 0 unspecified atom stereocenters. The van der Waals surface area contributed by atoms with Crippen molar-refractivity contribution in [1.82, 2.24) is 4.90 Å². The molecule has 1 aliphatic heterocycles. The van der Waals surface area contributed by atoms with Crippen molar-refractivity contribution in [3.63, 3.8) is 0 Å². The van der Waals surface area contributed by atoms with Crippen molar-refractivity contribution in [3.05, 3.63) is 0 Å². The molecule has 1 amide bonds. The zero-order valence-corrected chi connectivity index (χ0v) is 11.3. The van der Waals surface area contributed by atoms with E-state index in [1.54, 1.807) is 6.92 Å². The number of nitrogens with zero attached hydrogens (tertiary/aromatic N) is 1. The maximum Gasteiger partial charge on any atom is 0.311 e. The first-order valence-electron chi connectivity index (χ1n) is 6.32. The minimum absolute atomic E-state index is 0.123. The summed E-state index contributed by atoms with van der Waals surface area (Å²) in [6.45, 7) is 9.24. The first kappa shape index (κ1) is 14.0. The predicted octanol–water partition coefficient (Wildman–Crippen LogP) is 1.83. The van der Waals surface area contributed by atoms with E-state index >= 15 is 0 Å². The SMILES string of the molecule is CCOC(=O)C(C)(C)C1CCN(C(C)=O)CC1. The maximum absolute atomic E-state index is 11.9. The molecule has 4 heteroatoms. The van der Waals surface area contributed by atoms with Gasteiger partial charge in [0.25, 0.3) is 0 Å². The number of hydrogen-bond donors (Lipinski definition) is 0. The third-order valence-corrected chi connectivity index (χ3v) is 3.76. The van der Waals surface area contributed by atoms with Crippen LogP contribution in [0.15, 0.2) is 0 Å². The molecule has 0 radical (unpaired) electrons. The minimum Gasteiger partial charge on any atom is -0.466 e. The molecule has 1 saturated heterocycles. The lowest BCUT2D eigenvalue weighted by atomic mass is 9.73. The van der Waals surface area contributed by atoms with Crippen LogP contribution in [0.1, 0.15) is 40.5 Å². The van der Waals surface area contributed by atoms with Crippen molar-refractivity contribution in [2.75, 3.05) is 19.7 Å². The van der Waals surface area contributed by atoms with Crippen LogP contribution in [-0.4, -0.2) is 36.5 Å². The standard InChI is InChI=1S/C13H23NO3/c1-5-17-12(16)13(3,4)11-6-8-14(9-7-11)10(2)15/h11H,5-9H2,1-4H3. The number of hydrogen-bond acceptors (Lipinski definition) is 3. The Hall–Kier alpha value is -1.06. The van der Waals surface area contributed by atoms with Gasteiger partial charge in [0.15, 0.2) is 0 Å². The van der Waals surface area contributed by atoms with E-state index in [0.29, 0.717) is 12.5 Å². The van der Waals surface area contributed by atoms with Gasteiger partial charge in [0.2, 0.25) is 5.91 Å². The Labute approximate surface area is 103 Å². The Morgan fingerprint density at radius 3 is 2.24 bits per heavy atom. The normalized spacial score (nSPS) is 18.0. The van der Waals surface area contributed by atoms with Crippen LogP contribution in [0, 0.1) is 11.3 Å². The van der Waals surface area contributed by atoms with Gasteiger partial charge in [0, 0.05) is 20.0 Å². The van der Waals surface area contributed by atoms with Gasteiger partial charge >= 0.3 is 5.97 Å². The second-order valence-electron chi connectivity index (χ2n) is 5.22. The number of carbonyl (C=O) groups excluding carboxylic acids is 2. The van der Waals surface area contributed by atoms with E-state index in [4.69, 9.17) is 4.74 Å². The lowest BCUT2D eigenvalue weighted by Gasteiger charge is -2.38. The molecule has 1 heterocycles. The zero-order chi connectivity index (χ0) is 13.1. The van der Waals surface area contributed by atoms with Gasteiger partial charge in [-0.1, -0.05) is 0 Å². The van der Waals surface area contributed by atoms with Gasteiger partial charge in [0.05, 0.1) is 12.0 Å². The molecule has 0 aromatic rings. The molecule has 17 heavy (non-hydrogen) atoms. The highest BCUT2D eigenvalue weighted by molar-refractivity contribution is 5.76. The molecule has 4 nitrogen and oxygen atoms in total. The van der Waals surface area contributed by atoms with Crippen molar-refractivity contribution >= 4 is 11.9 Å². The van der Waals surface area contributed by atoms with Crippen LogP contribution in [-0.2, 0) is 14.3 Å². The summed E-state index contributed by atoms with van der Waals surface area (Å²) in [5.41, 5.74) is -0.446. The van der Waals surface area contributed by atoms with Crippen molar-refractivity contribution in [2.24, 2.45) is 11.3 Å². The van der Waals surface area contributed by atoms with Crippen LogP contribution in [0.25, 0.3) is 0 Å². The van der Waals surface area contributed by atoms with E-state index in [2.05, 4.69) is 0 Å². The van der Waals surface area contributed by atoms with E-state index < -0.39 is 5.41 Å². The third kappa shape index (κ3) is 3.20. The molecule has 1 rings (SSSR count). The first-order chi connectivity index (χ1) is 7.89. The highest BCUT2D eigenvalue weighted by atomic mass is 16.5. The topological polar surface area (TPSA) is 46.6 Å². The van der Waals surface area contributed by atoms with E-state index in [1.807, 2.05) is 25.7 Å². The molecule has 0 saturated carbocycles. The quantitative estimate of drug-likeness (QED) is 0.708. The van der Waals surface area contributed by atoms with Crippen molar-refractivity contribution in [1.29, 1.82) is 0 Å². The molecule has 1 aliphatic rings.